The van der Waals surface area contributed by atoms with E-state index in [1.807, 2.05) is 0 Å². The molecule has 0 saturated heterocycles. The van der Waals surface area contributed by atoms with Crippen molar-refractivity contribution in [2.45, 2.75) is 221 Å². The molecule has 6 rings (SSSR count). The zero-order valence-electron chi connectivity index (χ0n) is 33.9. The average Bonchev–Trinajstić information content (AvgIpc) is 3.09. The van der Waals surface area contributed by atoms with Crippen molar-refractivity contribution in [2.75, 3.05) is 0 Å². The molecule has 0 heterocycles. The summed E-state index contributed by atoms with van der Waals surface area (Å²) < 4.78 is 0. The molecule has 48 heavy (non-hydrogen) atoms. The second-order valence-electron chi connectivity index (χ2n) is 21.0. The highest BCUT2D eigenvalue weighted by Gasteiger charge is 2.34. The molecule has 0 radical (unpaired) electrons. The molecular formula is C48H88. The molecule has 0 aromatic heterocycles. The van der Waals surface area contributed by atoms with E-state index in [1.54, 1.807) is 103 Å². The molecule has 280 valence electrons. The minimum Gasteiger partial charge on any atom is -0.0625 e. The Morgan fingerprint density at radius 3 is 0.604 bits per heavy atom. The molecular weight excluding hydrogens is 577 g/mol. The van der Waals surface area contributed by atoms with Crippen LogP contribution in [0.4, 0.5) is 0 Å². The largest absolute Gasteiger partial charge is 0.0625 e. The van der Waals surface area contributed by atoms with Gasteiger partial charge in [-0.2, -0.15) is 0 Å². The van der Waals surface area contributed by atoms with E-state index in [9.17, 15) is 0 Å². The maximum Gasteiger partial charge on any atom is -0.0381 e. The fourth-order valence-corrected chi connectivity index (χ4v) is 12.4. The normalized spacial score (nSPS) is 42.6. The highest BCUT2D eigenvalue weighted by molar-refractivity contribution is 4.85. The molecule has 0 aromatic carbocycles. The van der Waals surface area contributed by atoms with Crippen LogP contribution in [0.25, 0.3) is 0 Å². The van der Waals surface area contributed by atoms with E-state index >= 15 is 0 Å². The summed E-state index contributed by atoms with van der Waals surface area (Å²) >= 11 is 0. The maximum absolute atomic E-state index is 2.48. The SMILES string of the molecule is CC1CCC(CC(CC2CCC(C)CC2)C2CCC(C)CC2)CC1.CC1CCC(CC(CC2CCC(C)CC2)C2CCC(C)CC2)CC1. The van der Waals surface area contributed by atoms with Gasteiger partial charge in [0.15, 0.2) is 0 Å². The van der Waals surface area contributed by atoms with E-state index < -0.39 is 0 Å². The van der Waals surface area contributed by atoms with Crippen molar-refractivity contribution in [2.24, 2.45) is 82.9 Å². The first kappa shape index (κ1) is 39.2. The molecule has 0 amide bonds. The monoisotopic (exact) mass is 665 g/mol. The Morgan fingerprint density at radius 1 is 0.250 bits per heavy atom. The minimum atomic E-state index is 1.01. The summed E-state index contributed by atoms with van der Waals surface area (Å²) in [5.41, 5.74) is 0. The lowest BCUT2D eigenvalue weighted by Crippen LogP contribution is -2.27. The van der Waals surface area contributed by atoms with Gasteiger partial charge in [-0.25, -0.2) is 0 Å². The Labute approximate surface area is 303 Å². The fraction of sp³-hybridized carbons (Fsp3) is 1.00. The van der Waals surface area contributed by atoms with Crippen molar-refractivity contribution in [3.63, 3.8) is 0 Å². The van der Waals surface area contributed by atoms with Gasteiger partial charge >= 0.3 is 0 Å². The summed E-state index contributed by atoms with van der Waals surface area (Å²) in [6, 6.07) is 0. The summed E-state index contributed by atoms with van der Waals surface area (Å²) in [5, 5.41) is 0. The zero-order valence-corrected chi connectivity index (χ0v) is 33.9. The highest BCUT2D eigenvalue weighted by atomic mass is 14.4. The lowest BCUT2D eigenvalue weighted by Gasteiger charge is -2.39. The molecule has 6 aliphatic carbocycles. The first-order chi connectivity index (χ1) is 23.2. The molecule has 0 heteroatoms. The van der Waals surface area contributed by atoms with Gasteiger partial charge in [0.1, 0.15) is 0 Å². The second kappa shape index (κ2) is 20.3. The molecule has 0 atom stereocenters. The molecule has 0 aromatic rings. The lowest BCUT2D eigenvalue weighted by atomic mass is 9.67. The van der Waals surface area contributed by atoms with Gasteiger partial charge in [-0.1, -0.05) is 170 Å². The first-order valence-corrected chi connectivity index (χ1v) is 23.2. The maximum atomic E-state index is 2.48. The van der Waals surface area contributed by atoms with Crippen LogP contribution in [-0.4, -0.2) is 0 Å². The Balaban J connectivity index is 0.000000188. The fourth-order valence-electron chi connectivity index (χ4n) is 12.4. The van der Waals surface area contributed by atoms with Crippen molar-refractivity contribution in [3.05, 3.63) is 0 Å². The minimum absolute atomic E-state index is 1.01. The van der Waals surface area contributed by atoms with Gasteiger partial charge in [0, 0.05) is 0 Å². The van der Waals surface area contributed by atoms with Crippen LogP contribution in [0, 0.1) is 82.9 Å². The zero-order chi connectivity index (χ0) is 33.9. The van der Waals surface area contributed by atoms with Gasteiger partial charge < -0.3 is 0 Å². The smallest absolute Gasteiger partial charge is 0.0381 e. The topological polar surface area (TPSA) is 0 Å². The molecule has 0 bridgehead atoms. The van der Waals surface area contributed by atoms with Gasteiger partial charge in [-0.15, -0.1) is 0 Å². The standard InChI is InChI=1S/2C24H44/c2*1-18-4-10-21(11-5-18)16-24(23-14-8-20(3)9-15-23)17-22-12-6-19(2)7-13-22/h2*18-24H,4-17H2,1-3H3. The quantitative estimate of drug-likeness (QED) is 0.218. The van der Waals surface area contributed by atoms with Crippen LogP contribution in [0.2, 0.25) is 0 Å². The Morgan fingerprint density at radius 2 is 0.417 bits per heavy atom. The van der Waals surface area contributed by atoms with E-state index in [0.717, 1.165) is 82.9 Å². The van der Waals surface area contributed by atoms with Gasteiger partial charge in [0.25, 0.3) is 0 Å². The number of hydrogen-bond donors (Lipinski definition) is 0. The van der Waals surface area contributed by atoms with Crippen molar-refractivity contribution in [1.82, 2.24) is 0 Å². The summed E-state index contributed by atoms with van der Waals surface area (Å²) in [6.07, 6.45) is 43.1. The second-order valence-corrected chi connectivity index (χ2v) is 21.0. The molecule has 0 spiro atoms. The van der Waals surface area contributed by atoms with Crippen LogP contribution < -0.4 is 0 Å². The Bertz CT molecular complexity index is 692. The van der Waals surface area contributed by atoms with E-state index in [4.69, 9.17) is 0 Å². The van der Waals surface area contributed by atoms with Gasteiger partial charge in [-0.05, 0) is 134 Å². The average molecular weight is 665 g/mol. The van der Waals surface area contributed by atoms with Crippen molar-refractivity contribution < 1.29 is 0 Å². The van der Waals surface area contributed by atoms with Crippen LogP contribution in [0.3, 0.4) is 0 Å². The number of hydrogen-bond acceptors (Lipinski definition) is 0. The van der Waals surface area contributed by atoms with Crippen molar-refractivity contribution in [3.8, 4) is 0 Å². The van der Waals surface area contributed by atoms with Gasteiger partial charge in [-0.3, -0.25) is 0 Å². The van der Waals surface area contributed by atoms with Crippen LogP contribution in [0.1, 0.15) is 221 Å². The third kappa shape index (κ3) is 13.2. The van der Waals surface area contributed by atoms with Crippen molar-refractivity contribution in [1.29, 1.82) is 0 Å². The third-order valence-electron chi connectivity index (χ3n) is 16.5. The molecule has 0 unspecified atom stereocenters. The summed E-state index contributed by atoms with van der Waals surface area (Å²) in [5.74, 6) is 14.7. The van der Waals surface area contributed by atoms with Crippen LogP contribution in [0.15, 0.2) is 0 Å². The Kier molecular flexibility index (Phi) is 16.6. The van der Waals surface area contributed by atoms with Crippen LogP contribution >= 0.6 is 0 Å². The molecule has 6 fully saturated rings. The molecule has 0 aliphatic heterocycles. The lowest BCUT2D eigenvalue weighted by molar-refractivity contribution is 0.125. The van der Waals surface area contributed by atoms with Crippen LogP contribution in [0.5, 0.6) is 0 Å². The predicted octanol–water partition coefficient (Wildman–Crippen LogP) is 15.7. The summed E-state index contributed by atoms with van der Waals surface area (Å²) in [7, 11) is 0. The summed E-state index contributed by atoms with van der Waals surface area (Å²) in [4.78, 5) is 0. The van der Waals surface area contributed by atoms with Gasteiger partial charge in [0.05, 0.1) is 0 Å². The molecule has 0 nitrogen and oxygen atoms in total. The summed E-state index contributed by atoms with van der Waals surface area (Å²) in [6.45, 7) is 14.9. The van der Waals surface area contributed by atoms with E-state index in [1.165, 1.54) is 77.0 Å². The number of rotatable bonds is 10. The predicted molar refractivity (Wildman–Crippen MR) is 212 cm³/mol. The first-order valence-electron chi connectivity index (χ1n) is 23.2. The molecule has 6 aliphatic rings. The van der Waals surface area contributed by atoms with E-state index in [0.29, 0.717) is 0 Å². The molecule has 6 saturated carbocycles. The van der Waals surface area contributed by atoms with Crippen LogP contribution in [-0.2, 0) is 0 Å². The molecule has 0 N–H and O–H groups in total. The van der Waals surface area contributed by atoms with E-state index in [-0.39, 0.29) is 0 Å². The van der Waals surface area contributed by atoms with Gasteiger partial charge in [0.2, 0.25) is 0 Å². The van der Waals surface area contributed by atoms with Crippen molar-refractivity contribution >= 4 is 0 Å². The Hall–Kier alpha value is 0. The van der Waals surface area contributed by atoms with E-state index in [2.05, 4.69) is 41.5 Å². The third-order valence-corrected chi connectivity index (χ3v) is 16.5. The highest BCUT2D eigenvalue weighted by Crippen LogP contribution is 2.46.